The lowest BCUT2D eigenvalue weighted by molar-refractivity contribution is -0.120. The van der Waals surface area contributed by atoms with Crippen molar-refractivity contribution in [2.45, 2.75) is 79.6 Å². The van der Waals surface area contributed by atoms with Crippen LogP contribution in [-0.4, -0.2) is 35.5 Å². The van der Waals surface area contributed by atoms with E-state index in [0.717, 1.165) is 65.2 Å². The van der Waals surface area contributed by atoms with Gasteiger partial charge in [-0.25, -0.2) is 0 Å². The third-order valence-corrected chi connectivity index (χ3v) is 8.39. The molecule has 2 aromatic rings. The second-order valence-corrected chi connectivity index (χ2v) is 13.5. The Labute approximate surface area is 243 Å². The molecule has 0 atom stereocenters. The van der Waals surface area contributed by atoms with Crippen LogP contribution >= 0.6 is 0 Å². The van der Waals surface area contributed by atoms with E-state index in [0.29, 0.717) is 18.6 Å². The number of ketones is 2. The molecule has 3 aliphatic rings. The van der Waals surface area contributed by atoms with E-state index in [4.69, 9.17) is 4.74 Å². The number of carbonyl (C=O) groups is 3. The van der Waals surface area contributed by atoms with E-state index in [1.54, 1.807) is 0 Å². The average molecular weight is 555 g/mol. The summed E-state index contributed by atoms with van der Waals surface area (Å²) in [6.07, 6.45) is 3.51. The molecule has 0 saturated carbocycles. The monoisotopic (exact) mass is 554 g/mol. The molecule has 216 valence electrons. The summed E-state index contributed by atoms with van der Waals surface area (Å²) in [5.41, 5.74) is 6.27. The second-order valence-electron chi connectivity index (χ2n) is 13.5. The minimum absolute atomic E-state index is 0.117. The van der Waals surface area contributed by atoms with Gasteiger partial charge in [-0.1, -0.05) is 64.4 Å². The first-order chi connectivity index (χ1) is 19.4. The lowest BCUT2D eigenvalue weighted by Crippen LogP contribution is -2.44. The number of nitrogens with one attached hydrogen (secondary N) is 1. The Balaban J connectivity index is 1.45. The van der Waals surface area contributed by atoms with Gasteiger partial charge in [0.1, 0.15) is 5.75 Å². The summed E-state index contributed by atoms with van der Waals surface area (Å²) in [7, 11) is 0. The van der Waals surface area contributed by atoms with E-state index in [9.17, 15) is 14.4 Å². The second kappa shape index (κ2) is 11.0. The summed E-state index contributed by atoms with van der Waals surface area (Å²) in [5.74, 6) is 0.224. The normalized spacial score (nSPS) is 20.1. The zero-order chi connectivity index (χ0) is 29.5. The Bertz CT molecular complexity index is 1370. The van der Waals surface area contributed by atoms with Gasteiger partial charge in [0.15, 0.2) is 18.2 Å². The van der Waals surface area contributed by atoms with Crippen LogP contribution in [0.15, 0.2) is 71.1 Å². The first kappa shape index (κ1) is 28.8. The van der Waals surface area contributed by atoms with E-state index in [1.807, 2.05) is 55.5 Å². The fourth-order valence-corrected chi connectivity index (χ4v) is 6.61. The molecule has 2 aliphatic carbocycles. The summed E-state index contributed by atoms with van der Waals surface area (Å²) in [4.78, 5) is 42.4. The van der Waals surface area contributed by atoms with E-state index in [1.165, 1.54) is 0 Å². The number of hydrogen-bond acceptors (Lipinski definition) is 5. The number of aryl methyl sites for hydroxylation is 1. The Morgan fingerprint density at radius 1 is 0.854 bits per heavy atom. The molecule has 6 heteroatoms. The highest BCUT2D eigenvalue weighted by Gasteiger charge is 2.48. The number of carbonyl (C=O) groups excluding carboxylic acids is 3. The van der Waals surface area contributed by atoms with Crippen molar-refractivity contribution in [3.8, 4) is 5.75 Å². The fourth-order valence-electron chi connectivity index (χ4n) is 6.61. The van der Waals surface area contributed by atoms with Crippen molar-refractivity contribution in [1.82, 2.24) is 4.90 Å². The maximum absolute atomic E-state index is 13.8. The molecule has 0 saturated heterocycles. The van der Waals surface area contributed by atoms with Crippen molar-refractivity contribution < 1.29 is 19.1 Å². The van der Waals surface area contributed by atoms with Gasteiger partial charge >= 0.3 is 0 Å². The zero-order valence-electron chi connectivity index (χ0n) is 25.2. The highest BCUT2D eigenvalue weighted by Crippen LogP contribution is 2.54. The van der Waals surface area contributed by atoms with Crippen LogP contribution in [0.25, 0.3) is 0 Å². The van der Waals surface area contributed by atoms with Gasteiger partial charge < -0.3 is 15.0 Å². The van der Waals surface area contributed by atoms with Crippen molar-refractivity contribution in [3.05, 3.63) is 82.2 Å². The summed E-state index contributed by atoms with van der Waals surface area (Å²) in [6, 6.07) is 15.2. The first-order valence-corrected chi connectivity index (χ1v) is 14.8. The van der Waals surface area contributed by atoms with Gasteiger partial charge in [-0.3, -0.25) is 14.4 Å². The quantitative estimate of drug-likeness (QED) is 0.395. The standard InChI is InChI=1S/C35H42N2O4/c1-7-16-37-26-17-34(3,4)19-28(38)32(26)31(33-27(37)18-35(5,6)20-29(33)39)23-10-14-25(15-11-23)41-21-30(40)36-24-12-8-22(2)9-13-24/h8-15,31H,7,16-21H2,1-6H3,(H,36,40). The molecule has 2 aromatic carbocycles. The van der Waals surface area contributed by atoms with Crippen molar-refractivity contribution in [1.29, 1.82) is 0 Å². The van der Waals surface area contributed by atoms with Crippen LogP contribution in [0.3, 0.4) is 0 Å². The Morgan fingerprint density at radius 2 is 1.39 bits per heavy atom. The summed E-state index contributed by atoms with van der Waals surface area (Å²) < 4.78 is 5.79. The van der Waals surface area contributed by atoms with Crippen molar-refractivity contribution in [2.75, 3.05) is 18.5 Å². The third-order valence-electron chi connectivity index (χ3n) is 8.39. The van der Waals surface area contributed by atoms with Crippen molar-refractivity contribution in [3.63, 3.8) is 0 Å². The van der Waals surface area contributed by atoms with Crippen LogP contribution in [0.2, 0.25) is 0 Å². The molecule has 0 unspecified atom stereocenters. The molecule has 0 aromatic heterocycles. The highest BCUT2D eigenvalue weighted by atomic mass is 16.5. The van der Waals surface area contributed by atoms with Gasteiger partial charge in [0, 0.05) is 53.5 Å². The lowest BCUT2D eigenvalue weighted by Gasteiger charge is -2.49. The van der Waals surface area contributed by atoms with Crippen LogP contribution in [-0.2, 0) is 14.4 Å². The van der Waals surface area contributed by atoms with Gasteiger partial charge in [0.2, 0.25) is 0 Å². The molecule has 41 heavy (non-hydrogen) atoms. The lowest BCUT2D eigenvalue weighted by atomic mass is 9.63. The predicted molar refractivity (Wildman–Crippen MR) is 162 cm³/mol. The average Bonchev–Trinajstić information content (AvgIpc) is 2.88. The van der Waals surface area contributed by atoms with Gasteiger partial charge in [0.05, 0.1) is 0 Å². The fraction of sp³-hybridized carbons (Fsp3) is 0.457. The van der Waals surface area contributed by atoms with Crippen LogP contribution in [0.4, 0.5) is 5.69 Å². The maximum atomic E-state index is 13.8. The largest absolute Gasteiger partial charge is 0.484 e. The summed E-state index contributed by atoms with van der Waals surface area (Å²) in [5, 5.41) is 2.85. The Kier molecular flexibility index (Phi) is 7.71. The smallest absolute Gasteiger partial charge is 0.262 e. The number of hydrogen-bond donors (Lipinski definition) is 1. The molecule has 0 fully saturated rings. The van der Waals surface area contributed by atoms with Gasteiger partial charge in [-0.05, 0) is 66.8 Å². The van der Waals surface area contributed by atoms with E-state index in [-0.39, 0.29) is 40.8 Å². The molecule has 5 rings (SSSR count). The molecule has 1 amide bonds. The van der Waals surface area contributed by atoms with E-state index >= 15 is 0 Å². The van der Waals surface area contributed by atoms with E-state index in [2.05, 4.69) is 44.8 Å². The number of allylic oxidation sites excluding steroid dienone is 4. The number of anilines is 1. The third kappa shape index (κ3) is 6.02. The predicted octanol–water partition coefficient (Wildman–Crippen LogP) is 7.11. The Hall–Kier alpha value is -3.67. The molecular weight excluding hydrogens is 512 g/mol. The van der Waals surface area contributed by atoms with Crippen LogP contribution in [0.1, 0.15) is 83.8 Å². The highest BCUT2D eigenvalue weighted by molar-refractivity contribution is 6.06. The molecule has 1 N–H and O–H groups in total. The van der Waals surface area contributed by atoms with Gasteiger partial charge in [-0.2, -0.15) is 0 Å². The van der Waals surface area contributed by atoms with Gasteiger partial charge in [0.25, 0.3) is 5.91 Å². The van der Waals surface area contributed by atoms with Gasteiger partial charge in [-0.15, -0.1) is 0 Å². The molecule has 6 nitrogen and oxygen atoms in total. The number of Topliss-reactive ketones (excluding diaryl/α,β-unsaturated/α-hetero) is 2. The minimum atomic E-state index is -0.376. The number of rotatable bonds is 7. The molecule has 0 spiro atoms. The van der Waals surface area contributed by atoms with E-state index < -0.39 is 0 Å². The Morgan fingerprint density at radius 3 is 1.90 bits per heavy atom. The summed E-state index contributed by atoms with van der Waals surface area (Å²) in [6.45, 7) is 13.5. The first-order valence-electron chi connectivity index (χ1n) is 14.8. The zero-order valence-corrected chi connectivity index (χ0v) is 25.2. The number of benzene rings is 2. The molecular formula is C35H42N2O4. The topological polar surface area (TPSA) is 75.7 Å². The number of ether oxygens (including phenoxy) is 1. The number of amides is 1. The minimum Gasteiger partial charge on any atom is -0.484 e. The number of nitrogens with zero attached hydrogens (tertiary/aromatic N) is 1. The summed E-state index contributed by atoms with van der Waals surface area (Å²) >= 11 is 0. The molecule has 1 aliphatic heterocycles. The molecule has 0 bridgehead atoms. The SMILES string of the molecule is CCCN1C2=C(C(=O)CC(C)(C)C2)C(c2ccc(OCC(=O)Nc3ccc(C)cc3)cc2)C2=C1CC(C)(C)CC2=O. The maximum Gasteiger partial charge on any atom is 0.262 e. The van der Waals surface area contributed by atoms with Crippen molar-refractivity contribution >= 4 is 23.2 Å². The van der Waals surface area contributed by atoms with Crippen LogP contribution in [0, 0.1) is 17.8 Å². The van der Waals surface area contributed by atoms with Crippen LogP contribution < -0.4 is 10.1 Å². The molecule has 0 radical (unpaired) electrons. The van der Waals surface area contributed by atoms with Crippen LogP contribution in [0.5, 0.6) is 5.75 Å². The van der Waals surface area contributed by atoms with Crippen molar-refractivity contribution in [2.24, 2.45) is 10.8 Å². The molecule has 1 heterocycles.